The molecule has 0 saturated carbocycles. The fraction of sp³-hybridized carbons (Fsp3) is 0.286. The molecule has 3 heterocycles. The standard InChI is InChI=1S/C21H19ClF3N5O/c22-19-16(26-9-3-10-29-11-8-14-4-1-2-5-17(14)29)13-28-30(20(19)31)18-7-6-15(12-27-18)21(23,24)25/h1-2,4-7,12-13,26H,3,8-11H2. The maximum atomic E-state index is 12.7. The lowest BCUT2D eigenvalue weighted by molar-refractivity contribution is -0.137. The number of anilines is 2. The van der Waals surface area contributed by atoms with Gasteiger partial charge in [-0.3, -0.25) is 4.79 Å². The highest BCUT2D eigenvalue weighted by Gasteiger charge is 2.30. The predicted molar refractivity (Wildman–Crippen MR) is 113 cm³/mol. The van der Waals surface area contributed by atoms with E-state index >= 15 is 0 Å². The van der Waals surface area contributed by atoms with Crippen molar-refractivity contribution in [3.63, 3.8) is 0 Å². The molecule has 4 rings (SSSR count). The summed E-state index contributed by atoms with van der Waals surface area (Å²) in [5, 5.41) is 7.00. The van der Waals surface area contributed by atoms with Gasteiger partial charge in [0, 0.05) is 31.5 Å². The summed E-state index contributed by atoms with van der Waals surface area (Å²) in [6.07, 6.45) is -0.621. The van der Waals surface area contributed by atoms with Gasteiger partial charge >= 0.3 is 6.18 Å². The monoisotopic (exact) mass is 449 g/mol. The second-order valence-corrected chi connectivity index (χ2v) is 7.52. The van der Waals surface area contributed by atoms with Gasteiger partial charge < -0.3 is 10.2 Å². The summed E-state index contributed by atoms with van der Waals surface area (Å²) in [5.41, 5.74) is 1.41. The zero-order valence-electron chi connectivity index (χ0n) is 16.4. The summed E-state index contributed by atoms with van der Waals surface area (Å²) in [6, 6.07) is 10.2. The highest BCUT2D eigenvalue weighted by Crippen LogP contribution is 2.29. The van der Waals surface area contributed by atoms with Gasteiger partial charge in [-0.1, -0.05) is 29.8 Å². The molecule has 6 nitrogen and oxygen atoms in total. The van der Waals surface area contributed by atoms with Crippen LogP contribution < -0.4 is 15.8 Å². The number of hydrogen-bond donors (Lipinski definition) is 1. The van der Waals surface area contributed by atoms with Gasteiger partial charge in [-0.25, -0.2) is 4.98 Å². The van der Waals surface area contributed by atoms with Crippen LogP contribution in [0.3, 0.4) is 0 Å². The van der Waals surface area contributed by atoms with E-state index in [4.69, 9.17) is 11.6 Å². The minimum Gasteiger partial charge on any atom is -0.382 e. The van der Waals surface area contributed by atoms with Crippen molar-refractivity contribution in [1.29, 1.82) is 0 Å². The first-order valence-corrected chi connectivity index (χ1v) is 10.1. The number of nitrogens with zero attached hydrogens (tertiary/aromatic N) is 4. The van der Waals surface area contributed by atoms with Crippen LogP contribution in [0.5, 0.6) is 0 Å². The Morgan fingerprint density at radius 3 is 2.68 bits per heavy atom. The SMILES string of the molecule is O=c1c(Cl)c(NCCCN2CCc3ccccc32)cnn1-c1ccc(C(F)(F)F)cn1. The van der Waals surface area contributed by atoms with Gasteiger partial charge in [-0.2, -0.15) is 23.0 Å². The van der Waals surface area contributed by atoms with Crippen LogP contribution in [-0.2, 0) is 12.6 Å². The van der Waals surface area contributed by atoms with Crippen LogP contribution in [0.2, 0.25) is 5.02 Å². The maximum Gasteiger partial charge on any atom is 0.417 e. The summed E-state index contributed by atoms with van der Waals surface area (Å²) in [5.74, 6) is -0.0425. The van der Waals surface area contributed by atoms with E-state index in [0.29, 0.717) is 18.4 Å². The molecule has 1 aliphatic rings. The molecule has 3 aromatic rings. The number of hydrogen-bond acceptors (Lipinski definition) is 5. The van der Waals surface area contributed by atoms with E-state index in [-0.39, 0.29) is 10.8 Å². The van der Waals surface area contributed by atoms with Crippen LogP contribution >= 0.6 is 11.6 Å². The van der Waals surface area contributed by atoms with Gasteiger partial charge in [-0.15, -0.1) is 0 Å². The molecule has 0 amide bonds. The topological polar surface area (TPSA) is 63.1 Å². The zero-order valence-corrected chi connectivity index (χ0v) is 17.1. The molecule has 2 aromatic heterocycles. The molecule has 0 fully saturated rings. The average Bonchev–Trinajstić information content (AvgIpc) is 3.17. The number of nitrogens with one attached hydrogen (secondary N) is 1. The number of halogens is 4. The quantitative estimate of drug-likeness (QED) is 0.572. The molecule has 0 bridgehead atoms. The molecule has 0 radical (unpaired) electrons. The second kappa shape index (κ2) is 8.58. The first-order chi connectivity index (χ1) is 14.8. The number of benzene rings is 1. The third kappa shape index (κ3) is 4.51. The summed E-state index contributed by atoms with van der Waals surface area (Å²) in [7, 11) is 0. The van der Waals surface area contributed by atoms with E-state index in [0.717, 1.165) is 42.7 Å². The average molecular weight is 450 g/mol. The molecule has 31 heavy (non-hydrogen) atoms. The fourth-order valence-electron chi connectivity index (χ4n) is 3.53. The Morgan fingerprint density at radius 2 is 1.94 bits per heavy atom. The highest BCUT2D eigenvalue weighted by molar-refractivity contribution is 6.32. The van der Waals surface area contributed by atoms with Crippen LogP contribution in [0.4, 0.5) is 24.5 Å². The van der Waals surface area contributed by atoms with E-state index in [1.54, 1.807) is 0 Å². The van der Waals surface area contributed by atoms with Gasteiger partial charge in [0.1, 0.15) is 5.02 Å². The van der Waals surface area contributed by atoms with Crippen molar-refractivity contribution in [3.05, 3.63) is 75.3 Å². The number of aromatic nitrogens is 3. The Bertz CT molecular complexity index is 1130. The minimum absolute atomic E-state index is 0.0425. The Morgan fingerprint density at radius 1 is 1.13 bits per heavy atom. The first kappa shape index (κ1) is 21.2. The number of para-hydroxylation sites is 1. The van der Waals surface area contributed by atoms with Crippen molar-refractivity contribution in [2.45, 2.75) is 19.0 Å². The molecular weight excluding hydrogens is 431 g/mol. The molecule has 0 unspecified atom stereocenters. The van der Waals surface area contributed by atoms with Gasteiger partial charge in [0.15, 0.2) is 5.82 Å². The van der Waals surface area contributed by atoms with Crippen molar-refractivity contribution in [2.75, 3.05) is 29.9 Å². The third-order valence-corrected chi connectivity index (χ3v) is 5.48. The summed E-state index contributed by atoms with van der Waals surface area (Å²) >= 11 is 6.17. The molecule has 1 aromatic carbocycles. The van der Waals surface area contributed by atoms with Crippen LogP contribution in [0.1, 0.15) is 17.5 Å². The summed E-state index contributed by atoms with van der Waals surface area (Å²) in [6.45, 7) is 2.43. The first-order valence-electron chi connectivity index (χ1n) is 9.73. The van der Waals surface area contributed by atoms with E-state index in [1.807, 2.05) is 12.1 Å². The molecule has 0 saturated heterocycles. The number of alkyl halides is 3. The van der Waals surface area contributed by atoms with Crippen molar-refractivity contribution in [1.82, 2.24) is 14.8 Å². The molecule has 1 aliphatic heterocycles. The van der Waals surface area contributed by atoms with Crippen molar-refractivity contribution >= 4 is 23.0 Å². The molecule has 1 N–H and O–H groups in total. The molecule has 0 spiro atoms. The largest absolute Gasteiger partial charge is 0.417 e. The Balaban J connectivity index is 1.38. The number of pyridine rings is 1. The van der Waals surface area contributed by atoms with Gasteiger partial charge in [-0.05, 0) is 36.6 Å². The Labute approximate surface area is 181 Å². The highest BCUT2D eigenvalue weighted by atomic mass is 35.5. The molecule has 162 valence electrons. The van der Waals surface area contributed by atoms with Gasteiger partial charge in [0.25, 0.3) is 5.56 Å². The van der Waals surface area contributed by atoms with E-state index in [1.165, 1.54) is 17.4 Å². The maximum absolute atomic E-state index is 12.7. The van der Waals surface area contributed by atoms with Crippen LogP contribution in [0.15, 0.2) is 53.6 Å². The number of fused-ring (bicyclic) bond motifs is 1. The lowest BCUT2D eigenvalue weighted by atomic mass is 10.2. The normalized spacial score (nSPS) is 13.4. The van der Waals surface area contributed by atoms with Crippen LogP contribution in [-0.4, -0.2) is 34.4 Å². The Kier molecular flexibility index (Phi) is 5.86. The molecule has 10 heteroatoms. The fourth-order valence-corrected chi connectivity index (χ4v) is 3.73. The summed E-state index contributed by atoms with van der Waals surface area (Å²) < 4.78 is 38.9. The van der Waals surface area contributed by atoms with E-state index < -0.39 is 17.3 Å². The predicted octanol–water partition coefficient (Wildman–Crippen LogP) is 4.16. The van der Waals surface area contributed by atoms with Crippen LogP contribution in [0.25, 0.3) is 5.82 Å². The summed E-state index contributed by atoms with van der Waals surface area (Å²) in [4.78, 5) is 18.5. The third-order valence-electron chi connectivity index (χ3n) is 5.11. The van der Waals surface area contributed by atoms with Crippen molar-refractivity contribution < 1.29 is 13.2 Å². The van der Waals surface area contributed by atoms with Crippen molar-refractivity contribution in [3.8, 4) is 5.82 Å². The lowest BCUT2D eigenvalue weighted by Crippen LogP contribution is -2.25. The lowest BCUT2D eigenvalue weighted by Gasteiger charge is -2.19. The Hall–Kier alpha value is -3.07. The molecule has 0 atom stereocenters. The minimum atomic E-state index is -4.51. The van der Waals surface area contributed by atoms with E-state index in [2.05, 4.69) is 32.4 Å². The van der Waals surface area contributed by atoms with Gasteiger partial charge in [0.05, 0.1) is 17.4 Å². The van der Waals surface area contributed by atoms with Crippen LogP contribution in [0, 0.1) is 0 Å². The molecular formula is C21H19ClF3N5O. The van der Waals surface area contributed by atoms with E-state index in [9.17, 15) is 18.0 Å². The smallest absolute Gasteiger partial charge is 0.382 e. The van der Waals surface area contributed by atoms with Gasteiger partial charge in [0.2, 0.25) is 0 Å². The molecule has 0 aliphatic carbocycles. The number of rotatable bonds is 6. The zero-order chi connectivity index (χ0) is 22.0. The second-order valence-electron chi connectivity index (χ2n) is 7.14. The van der Waals surface area contributed by atoms with Crippen molar-refractivity contribution in [2.24, 2.45) is 0 Å².